The molecule has 0 spiro atoms. The predicted molar refractivity (Wildman–Crippen MR) is 94.1 cm³/mol. The molecule has 0 amide bonds. The van der Waals surface area contributed by atoms with Gasteiger partial charge in [-0.25, -0.2) is 9.78 Å². The number of fused-ring (bicyclic) bond motifs is 1. The fourth-order valence-corrected chi connectivity index (χ4v) is 4.23. The van der Waals surface area contributed by atoms with Crippen LogP contribution in [0.5, 0.6) is 5.75 Å². The smallest absolute Gasteiger partial charge is 0.329 e. The Morgan fingerprint density at radius 2 is 2.39 bits per heavy atom. The van der Waals surface area contributed by atoms with E-state index < -0.39 is 12.0 Å². The van der Waals surface area contributed by atoms with E-state index in [1.807, 2.05) is 25.2 Å². The standard InChI is InChI=1S/C15H17N3O3S2/c1-16-5-2-6-21-9-3-4-10-12(7-9)23-14(17-10)13-18-11(8-22-13)15(19)20/h3-4,7,11,16H,2,5-6,8H2,1H3,(H,19,20). The molecule has 1 unspecified atom stereocenters. The molecule has 0 fully saturated rings. The molecule has 3 rings (SSSR count). The molecule has 8 heteroatoms. The van der Waals surface area contributed by atoms with Crippen molar-refractivity contribution in [2.24, 2.45) is 4.99 Å². The van der Waals surface area contributed by atoms with E-state index in [1.54, 1.807) is 0 Å². The van der Waals surface area contributed by atoms with Crippen LogP contribution in [0.2, 0.25) is 0 Å². The predicted octanol–water partition coefficient (Wildman–Crippen LogP) is 2.23. The van der Waals surface area contributed by atoms with Crippen molar-refractivity contribution in [3.05, 3.63) is 23.2 Å². The number of hydrogen-bond donors (Lipinski definition) is 2. The number of rotatable bonds is 7. The zero-order chi connectivity index (χ0) is 16.2. The van der Waals surface area contributed by atoms with Crippen LogP contribution < -0.4 is 10.1 Å². The molecule has 0 radical (unpaired) electrons. The minimum Gasteiger partial charge on any atom is -0.493 e. The Bertz CT molecular complexity index is 745. The van der Waals surface area contributed by atoms with Crippen molar-refractivity contribution in [3.8, 4) is 5.75 Å². The summed E-state index contributed by atoms with van der Waals surface area (Å²) in [5.41, 5.74) is 0.884. The lowest BCUT2D eigenvalue weighted by atomic mass is 10.3. The average molecular weight is 351 g/mol. The molecule has 1 atom stereocenters. The number of thiazole rings is 1. The van der Waals surface area contributed by atoms with Gasteiger partial charge in [0.05, 0.1) is 16.8 Å². The molecule has 0 saturated heterocycles. The van der Waals surface area contributed by atoms with Crippen LogP contribution in [0.4, 0.5) is 0 Å². The molecule has 0 bridgehead atoms. The van der Waals surface area contributed by atoms with Crippen molar-refractivity contribution in [2.75, 3.05) is 26.0 Å². The molecule has 1 aromatic carbocycles. The lowest BCUT2D eigenvalue weighted by Gasteiger charge is -2.05. The highest BCUT2D eigenvalue weighted by Gasteiger charge is 2.26. The van der Waals surface area contributed by atoms with Gasteiger partial charge in [-0.1, -0.05) is 0 Å². The summed E-state index contributed by atoms with van der Waals surface area (Å²) in [6.07, 6.45) is 0.951. The molecule has 2 N–H and O–H groups in total. The summed E-state index contributed by atoms with van der Waals surface area (Å²) < 4.78 is 6.75. The van der Waals surface area contributed by atoms with E-state index in [4.69, 9.17) is 9.84 Å². The number of benzene rings is 1. The highest BCUT2D eigenvalue weighted by atomic mass is 32.2. The number of hydrogen-bond acceptors (Lipinski definition) is 7. The number of nitrogens with one attached hydrogen (secondary N) is 1. The van der Waals surface area contributed by atoms with Crippen molar-refractivity contribution in [1.29, 1.82) is 0 Å². The van der Waals surface area contributed by atoms with E-state index >= 15 is 0 Å². The van der Waals surface area contributed by atoms with Gasteiger partial charge in [0.2, 0.25) is 0 Å². The van der Waals surface area contributed by atoms with E-state index in [1.165, 1.54) is 23.1 Å². The number of carboxylic acids is 1. The van der Waals surface area contributed by atoms with E-state index in [0.717, 1.165) is 39.0 Å². The van der Waals surface area contributed by atoms with Gasteiger partial charge in [0.1, 0.15) is 15.8 Å². The van der Waals surface area contributed by atoms with Gasteiger partial charge in [-0.05, 0) is 38.2 Å². The summed E-state index contributed by atoms with van der Waals surface area (Å²) in [7, 11) is 1.92. The summed E-state index contributed by atoms with van der Waals surface area (Å²) in [6, 6.07) is 5.16. The highest BCUT2D eigenvalue weighted by molar-refractivity contribution is 8.15. The fourth-order valence-electron chi connectivity index (χ4n) is 2.14. The lowest BCUT2D eigenvalue weighted by molar-refractivity contribution is -0.137. The molecular formula is C15H17N3O3S2. The summed E-state index contributed by atoms with van der Waals surface area (Å²) in [4.78, 5) is 19.8. The minimum absolute atomic E-state index is 0.473. The fraction of sp³-hybridized carbons (Fsp3) is 0.400. The first-order valence-electron chi connectivity index (χ1n) is 7.29. The highest BCUT2D eigenvalue weighted by Crippen LogP contribution is 2.31. The largest absolute Gasteiger partial charge is 0.493 e. The third kappa shape index (κ3) is 3.82. The second kappa shape index (κ2) is 7.29. The van der Waals surface area contributed by atoms with Gasteiger partial charge in [0, 0.05) is 5.75 Å². The van der Waals surface area contributed by atoms with Crippen molar-refractivity contribution < 1.29 is 14.6 Å². The van der Waals surface area contributed by atoms with E-state index in [9.17, 15) is 4.79 Å². The number of nitrogens with zero attached hydrogens (tertiary/aromatic N) is 2. The second-order valence-electron chi connectivity index (χ2n) is 5.05. The summed E-state index contributed by atoms with van der Waals surface area (Å²) in [5.74, 6) is 0.416. The number of carbonyl (C=O) groups is 1. The molecule has 2 aromatic rings. The molecule has 23 heavy (non-hydrogen) atoms. The van der Waals surface area contributed by atoms with Crippen LogP contribution in [0.1, 0.15) is 11.4 Å². The molecule has 1 aromatic heterocycles. The van der Waals surface area contributed by atoms with Gasteiger partial charge >= 0.3 is 5.97 Å². The first-order chi connectivity index (χ1) is 11.2. The maximum Gasteiger partial charge on any atom is 0.329 e. The SMILES string of the molecule is CNCCCOc1ccc2nc(C3=NC(C(=O)O)CS3)sc2c1. The zero-order valence-corrected chi connectivity index (χ0v) is 14.2. The monoisotopic (exact) mass is 351 g/mol. The first-order valence-corrected chi connectivity index (χ1v) is 9.09. The van der Waals surface area contributed by atoms with E-state index in [-0.39, 0.29) is 0 Å². The number of aliphatic carboxylic acids is 1. The van der Waals surface area contributed by atoms with Crippen LogP contribution in [0.15, 0.2) is 23.2 Å². The minimum atomic E-state index is -0.883. The normalized spacial score (nSPS) is 17.4. The molecule has 6 nitrogen and oxygen atoms in total. The summed E-state index contributed by atoms with van der Waals surface area (Å²) in [6.45, 7) is 1.59. The van der Waals surface area contributed by atoms with Crippen LogP contribution >= 0.6 is 23.1 Å². The number of ether oxygens (including phenoxy) is 1. The van der Waals surface area contributed by atoms with E-state index in [2.05, 4.69) is 15.3 Å². The Morgan fingerprint density at radius 1 is 1.52 bits per heavy atom. The third-order valence-electron chi connectivity index (χ3n) is 3.32. The van der Waals surface area contributed by atoms with Crippen LogP contribution in [0.25, 0.3) is 10.2 Å². The van der Waals surface area contributed by atoms with Crippen molar-refractivity contribution in [2.45, 2.75) is 12.5 Å². The summed E-state index contributed by atoms with van der Waals surface area (Å²) >= 11 is 2.97. The molecule has 2 heterocycles. The number of aromatic nitrogens is 1. The lowest BCUT2D eigenvalue weighted by Crippen LogP contribution is -2.17. The van der Waals surface area contributed by atoms with Gasteiger partial charge in [0.25, 0.3) is 0 Å². The maximum absolute atomic E-state index is 11.0. The van der Waals surface area contributed by atoms with Gasteiger partial charge < -0.3 is 15.2 Å². The zero-order valence-electron chi connectivity index (χ0n) is 12.6. The number of aliphatic imine (C=N–C) groups is 1. The van der Waals surface area contributed by atoms with Gasteiger partial charge in [-0.15, -0.1) is 23.1 Å². The molecule has 0 saturated carbocycles. The molecule has 122 valence electrons. The van der Waals surface area contributed by atoms with Gasteiger partial charge in [-0.3, -0.25) is 4.99 Å². The quantitative estimate of drug-likeness (QED) is 0.744. The molecule has 0 aliphatic carbocycles. The molecular weight excluding hydrogens is 334 g/mol. The van der Waals surface area contributed by atoms with Crippen molar-refractivity contribution >= 4 is 44.3 Å². The summed E-state index contributed by atoms with van der Waals surface area (Å²) in [5, 5.41) is 13.6. The Balaban J connectivity index is 1.74. The number of carboxylic acid groups (broad SMARTS) is 1. The van der Waals surface area contributed by atoms with Gasteiger partial charge in [0.15, 0.2) is 6.04 Å². The van der Waals surface area contributed by atoms with Crippen molar-refractivity contribution in [1.82, 2.24) is 10.3 Å². The number of thioether (sulfide) groups is 1. The second-order valence-corrected chi connectivity index (χ2v) is 7.09. The van der Waals surface area contributed by atoms with E-state index in [0.29, 0.717) is 12.4 Å². The third-order valence-corrected chi connectivity index (χ3v) is 5.53. The first kappa shape index (κ1) is 16.2. The Morgan fingerprint density at radius 3 is 3.13 bits per heavy atom. The van der Waals surface area contributed by atoms with Crippen LogP contribution in [-0.4, -0.2) is 53.1 Å². The topological polar surface area (TPSA) is 83.8 Å². The molecule has 1 aliphatic rings. The molecule has 1 aliphatic heterocycles. The van der Waals surface area contributed by atoms with Crippen LogP contribution in [0, 0.1) is 0 Å². The Hall–Kier alpha value is -1.64. The maximum atomic E-state index is 11.0. The average Bonchev–Trinajstić information content (AvgIpc) is 3.17. The van der Waals surface area contributed by atoms with Gasteiger partial charge in [-0.2, -0.15) is 0 Å². The van der Waals surface area contributed by atoms with Crippen LogP contribution in [0.3, 0.4) is 0 Å². The van der Waals surface area contributed by atoms with Crippen molar-refractivity contribution in [3.63, 3.8) is 0 Å². The van der Waals surface area contributed by atoms with Crippen LogP contribution in [-0.2, 0) is 4.79 Å². The Kier molecular flexibility index (Phi) is 5.14. The Labute approximate surface area is 142 Å².